The van der Waals surface area contributed by atoms with E-state index in [1.165, 1.54) is 0 Å². The Bertz CT molecular complexity index is 890. The topological polar surface area (TPSA) is 61.0 Å². The minimum Gasteiger partial charge on any atom is -0.345 e. The van der Waals surface area contributed by atoms with E-state index >= 15 is 0 Å². The van der Waals surface area contributed by atoms with E-state index in [0.29, 0.717) is 0 Å². The fraction of sp³-hybridized carbons (Fsp3) is 0.238. The van der Waals surface area contributed by atoms with Crippen molar-refractivity contribution in [3.8, 4) is 11.3 Å². The van der Waals surface area contributed by atoms with Crippen molar-refractivity contribution in [2.75, 3.05) is 14.1 Å². The van der Waals surface area contributed by atoms with Gasteiger partial charge in [-0.2, -0.15) is 0 Å². The molecule has 2 aromatic carbocycles. The van der Waals surface area contributed by atoms with Crippen molar-refractivity contribution in [2.24, 2.45) is 0 Å². The zero-order valence-corrected chi connectivity index (χ0v) is 17.2. The van der Waals surface area contributed by atoms with Crippen molar-refractivity contribution in [1.82, 2.24) is 20.2 Å². The van der Waals surface area contributed by atoms with Gasteiger partial charge in [-0.1, -0.05) is 58.4 Å². The van der Waals surface area contributed by atoms with E-state index in [1.54, 1.807) is 6.20 Å². The van der Waals surface area contributed by atoms with E-state index in [9.17, 15) is 4.79 Å². The Morgan fingerprint density at radius 3 is 2.41 bits per heavy atom. The summed E-state index contributed by atoms with van der Waals surface area (Å²) in [6, 6.07) is 17.2. The van der Waals surface area contributed by atoms with Crippen molar-refractivity contribution >= 4 is 21.8 Å². The van der Waals surface area contributed by atoms with E-state index in [2.05, 4.69) is 31.2 Å². The summed E-state index contributed by atoms with van der Waals surface area (Å²) in [5, 5.41) is 3.07. The van der Waals surface area contributed by atoms with Gasteiger partial charge in [0.15, 0.2) is 0 Å². The first-order valence-corrected chi connectivity index (χ1v) is 9.57. The summed E-state index contributed by atoms with van der Waals surface area (Å²) in [6.07, 6.45) is 1.79. The lowest BCUT2D eigenvalue weighted by Crippen LogP contribution is -2.38. The number of benzene rings is 2. The first-order valence-electron chi connectivity index (χ1n) is 8.78. The summed E-state index contributed by atoms with van der Waals surface area (Å²) in [7, 11) is 3.81. The van der Waals surface area contributed by atoms with Gasteiger partial charge >= 0.3 is 0 Å². The molecular weight excluding hydrogens is 404 g/mol. The number of hydrogen-bond acceptors (Lipinski definition) is 3. The lowest BCUT2D eigenvalue weighted by Gasteiger charge is -2.25. The third kappa shape index (κ3) is 4.64. The minimum absolute atomic E-state index is 0.0553. The Morgan fingerprint density at radius 1 is 1.11 bits per heavy atom. The summed E-state index contributed by atoms with van der Waals surface area (Å²) in [4.78, 5) is 22.5. The number of imidazole rings is 1. The van der Waals surface area contributed by atoms with Crippen LogP contribution in [0.25, 0.3) is 11.3 Å². The quantitative estimate of drug-likeness (QED) is 0.616. The molecule has 2 atom stereocenters. The predicted molar refractivity (Wildman–Crippen MR) is 111 cm³/mol. The number of amides is 1. The zero-order valence-electron chi connectivity index (χ0n) is 15.6. The molecule has 0 aliphatic carbocycles. The highest BCUT2D eigenvalue weighted by Gasteiger charge is 2.25. The maximum absolute atomic E-state index is 12.9. The number of nitrogens with one attached hydrogen (secondary N) is 2. The molecule has 3 rings (SSSR count). The van der Waals surface area contributed by atoms with Gasteiger partial charge in [-0.15, -0.1) is 0 Å². The van der Waals surface area contributed by atoms with E-state index in [1.807, 2.05) is 80.5 Å². The van der Waals surface area contributed by atoms with E-state index < -0.39 is 0 Å². The van der Waals surface area contributed by atoms with E-state index in [4.69, 9.17) is 0 Å². The molecule has 1 aromatic heterocycles. The molecule has 0 unspecified atom stereocenters. The average Bonchev–Trinajstić information content (AvgIpc) is 3.13. The van der Waals surface area contributed by atoms with Gasteiger partial charge in [-0.3, -0.25) is 9.69 Å². The van der Waals surface area contributed by atoms with Crippen LogP contribution in [-0.4, -0.2) is 34.9 Å². The number of hydrogen-bond donors (Lipinski definition) is 2. The predicted octanol–water partition coefficient (Wildman–Crippen LogP) is 4.32. The van der Waals surface area contributed by atoms with Crippen molar-refractivity contribution in [3.63, 3.8) is 0 Å². The number of carbonyl (C=O) groups is 1. The maximum Gasteiger partial charge on any atom is 0.242 e. The van der Waals surface area contributed by atoms with Gasteiger partial charge < -0.3 is 10.3 Å². The van der Waals surface area contributed by atoms with Gasteiger partial charge in [-0.05, 0) is 44.3 Å². The highest BCUT2D eigenvalue weighted by atomic mass is 79.9. The summed E-state index contributed by atoms with van der Waals surface area (Å²) < 4.78 is 1.03. The molecule has 1 heterocycles. The summed E-state index contributed by atoms with van der Waals surface area (Å²) in [5.41, 5.74) is 2.93. The second-order valence-corrected chi connectivity index (χ2v) is 7.61. The van der Waals surface area contributed by atoms with Crippen LogP contribution in [-0.2, 0) is 4.79 Å². The Kier molecular flexibility index (Phi) is 6.08. The Morgan fingerprint density at radius 2 is 1.78 bits per heavy atom. The summed E-state index contributed by atoms with van der Waals surface area (Å²) in [6.45, 7) is 1.93. The third-order valence-electron chi connectivity index (χ3n) is 4.40. The van der Waals surface area contributed by atoms with Crippen LogP contribution in [0.4, 0.5) is 0 Å². The number of H-pyrrole nitrogens is 1. The zero-order chi connectivity index (χ0) is 19.4. The number of rotatable bonds is 6. The normalized spacial score (nSPS) is 13.4. The maximum atomic E-state index is 12.9. The lowest BCUT2D eigenvalue weighted by molar-refractivity contribution is -0.126. The highest BCUT2D eigenvalue weighted by Crippen LogP contribution is 2.23. The molecule has 0 aliphatic heterocycles. The standard InChI is InChI=1S/C21H23BrN4O/c1-14(20-23-13-18(25-20)15-9-11-17(22)12-10-15)24-21(27)19(26(2)3)16-7-5-4-6-8-16/h4-14,19H,1-3H3,(H,23,25)(H,24,27)/t14-,19-/m0/s1. The summed E-state index contributed by atoms with van der Waals surface area (Å²) >= 11 is 3.44. The monoisotopic (exact) mass is 426 g/mol. The molecule has 0 saturated heterocycles. The molecule has 0 aliphatic rings. The number of nitrogens with zero attached hydrogens (tertiary/aromatic N) is 2. The van der Waals surface area contributed by atoms with E-state index in [-0.39, 0.29) is 18.0 Å². The smallest absolute Gasteiger partial charge is 0.242 e. The Labute approximate surface area is 168 Å². The molecule has 6 heteroatoms. The fourth-order valence-electron chi connectivity index (χ4n) is 3.01. The number of halogens is 1. The number of aromatic amines is 1. The van der Waals surface area contributed by atoms with Crippen molar-refractivity contribution in [3.05, 3.63) is 76.7 Å². The van der Waals surface area contributed by atoms with Crippen LogP contribution in [0.5, 0.6) is 0 Å². The van der Waals surface area contributed by atoms with Crippen molar-refractivity contribution < 1.29 is 4.79 Å². The number of likely N-dealkylation sites (N-methyl/N-ethyl adjacent to an activating group) is 1. The molecule has 0 bridgehead atoms. The lowest BCUT2D eigenvalue weighted by atomic mass is 10.0. The molecule has 140 valence electrons. The van der Waals surface area contributed by atoms with Gasteiger partial charge in [-0.25, -0.2) is 4.98 Å². The van der Waals surface area contributed by atoms with Crippen molar-refractivity contribution in [1.29, 1.82) is 0 Å². The molecular formula is C21H23BrN4O. The van der Waals surface area contributed by atoms with Crippen LogP contribution in [0, 0.1) is 0 Å². The minimum atomic E-state index is -0.352. The average molecular weight is 427 g/mol. The number of carbonyl (C=O) groups excluding carboxylic acids is 1. The first-order chi connectivity index (χ1) is 13.0. The SMILES string of the molecule is C[C@H](NC(=O)[C@H](c1ccccc1)N(C)C)c1ncc(-c2ccc(Br)cc2)[nH]1. The molecule has 0 radical (unpaired) electrons. The molecule has 5 nitrogen and oxygen atoms in total. The van der Waals surface area contributed by atoms with Gasteiger partial charge in [0.1, 0.15) is 11.9 Å². The molecule has 0 fully saturated rings. The van der Waals surface area contributed by atoms with Crippen molar-refractivity contribution in [2.45, 2.75) is 19.0 Å². The largest absolute Gasteiger partial charge is 0.345 e. The summed E-state index contributed by atoms with van der Waals surface area (Å²) in [5.74, 6) is 0.673. The molecule has 1 amide bonds. The molecule has 3 aromatic rings. The van der Waals surface area contributed by atoms with Gasteiger partial charge in [0.25, 0.3) is 0 Å². The van der Waals surface area contributed by atoms with Crippen LogP contribution in [0.1, 0.15) is 30.4 Å². The second-order valence-electron chi connectivity index (χ2n) is 6.70. The van der Waals surface area contributed by atoms with Gasteiger partial charge in [0.2, 0.25) is 5.91 Å². The van der Waals surface area contributed by atoms with Crippen LogP contribution in [0.3, 0.4) is 0 Å². The third-order valence-corrected chi connectivity index (χ3v) is 4.93. The first kappa shape index (κ1) is 19.3. The van der Waals surface area contributed by atoms with Gasteiger partial charge in [0.05, 0.1) is 17.9 Å². The Hall–Kier alpha value is -2.44. The van der Waals surface area contributed by atoms with E-state index in [0.717, 1.165) is 27.1 Å². The highest BCUT2D eigenvalue weighted by molar-refractivity contribution is 9.10. The van der Waals surface area contributed by atoms with Crippen LogP contribution in [0.2, 0.25) is 0 Å². The fourth-order valence-corrected chi connectivity index (χ4v) is 3.28. The Balaban J connectivity index is 1.73. The molecule has 2 N–H and O–H groups in total. The molecule has 0 saturated carbocycles. The van der Waals surface area contributed by atoms with Crippen LogP contribution in [0.15, 0.2) is 65.3 Å². The van der Waals surface area contributed by atoms with Crippen LogP contribution < -0.4 is 5.32 Å². The molecule has 27 heavy (non-hydrogen) atoms. The second kappa shape index (κ2) is 8.50. The van der Waals surface area contributed by atoms with Gasteiger partial charge in [0, 0.05) is 4.47 Å². The van der Waals surface area contributed by atoms with Crippen LogP contribution >= 0.6 is 15.9 Å². The molecule has 0 spiro atoms. The number of aromatic nitrogens is 2.